The van der Waals surface area contributed by atoms with E-state index >= 15 is 0 Å². The van der Waals surface area contributed by atoms with Gasteiger partial charge in [-0.25, -0.2) is 0 Å². The third-order valence-corrected chi connectivity index (χ3v) is 0. The van der Waals surface area contributed by atoms with Gasteiger partial charge >= 0.3 is 163 Å². The minimum atomic E-state index is 0. The van der Waals surface area contributed by atoms with E-state index in [1.165, 1.54) is 0 Å². The summed E-state index contributed by atoms with van der Waals surface area (Å²) in [5, 5.41) is 0. The van der Waals surface area contributed by atoms with Crippen LogP contribution in [0.3, 0.4) is 0 Å². The fourth-order valence-corrected chi connectivity index (χ4v) is 0. The van der Waals surface area contributed by atoms with Crippen LogP contribution in [0.4, 0.5) is 0 Å². The van der Waals surface area contributed by atoms with E-state index in [1.807, 2.05) is 0 Å². The van der Waals surface area contributed by atoms with Gasteiger partial charge in [0.15, 0.2) is 0 Å². The largest absolute Gasteiger partial charge is 2.00 e. The summed E-state index contributed by atoms with van der Waals surface area (Å²) in [5.41, 5.74) is 0. The number of rotatable bonds is 0. The van der Waals surface area contributed by atoms with E-state index in [0.717, 1.165) is 0 Å². The Hall–Kier alpha value is 4.99. The molecule has 0 aromatic rings. The average Bonchev–Trinajstić information content (AvgIpc) is 0. The summed E-state index contributed by atoms with van der Waals surface area (Å²) in [7, 11) is 0. The van der Waals surface area contributed by atoms with E-state index in [4.69, 9.17) is 0 Å². The molecule has 11 heavy (non-hydrogen) atoms. The minimum Gasteiger partial charge on any atom is -2.00 e. The molecule has 0 saturated heterocycles. The first-order valence-electron chi connectivity index (χ1n) is 0. The molecule has 0 aromatic heterocycles. The van der Waals surface area contributed by atoms with Gasteiger partial charge in [-0.05, 0) is 0 Å². The first-order valence-corrected chi connectivity index (χ1v) is 0. The number of hydrogen-bond donors (Lipinski definition) is 0. The Morgan fingerprint density at radius 3 is 0.364 bits per heavy atom. The van der Waals surface area contributed by atoms with Gasteiger partial charge in [-0.3, -0.25) is 0 Å². The maximum absolute atomic E-state index is 0. The van der Waals surface area contributed by atoms with Crippen molar-refractivity contribution in [3.8, 4) is 0 Å². The molecular weight excluding hydrogens is 396 g/mol. The van der Waals surface area contributed by atoms with Gasteiger partial charge in [0.25, 0.3) is 0 Å². The van der Waals surface area contributed by atoms with Gasteiger partial charge in [-0.15, -0.1) is 0 Å². The zero-order valence-electron chi connectivity index (χ0n) is 6.06. The average molecular weight is 396 g/mol. The van der Waals surface area contributed by atoms with Crippen molar-refractivity contribution in [2.45, 2.75) is 0 Å². The summed E-state index contributed by atoms with van der Waals surface area (Å²) < 4.78 is 0. The van der Waals surface area contributed by atoms with Crippen LogP contribution < -0.4 is 37.7 Å². The summed E-state index contributed by atoms with van der Waals surface area (Å²) >= 11 is 0. The van der Waals surface area contributed by atoms with Crippen LogP contribution in [0.25, 0.3) is 0 Å². The second kappa shape index (κ2) is 118. The SMILES string of the molecule is [Cu+2].[Cu+2].[Li+].[Li+].[O-2].[O-2].[O-2].[O-2].[O-2].[Sr+2].[Sr+2]. The van der Waals surface area contributed by atoms with Crippen LogP contribution in [-0.2, 0) is 61.5 Å². The van der Waals surface area contributed by atoms with E-state index in [9.17, 15) is 0 Å². The van der Waals surface area contributed by atoms with Crippen molar-refractivity contribution >= 4 is 91.0 Å². The zero-order valence-corrected chi connectivity index (χ0v) is 14.9. The van der Waals surface area contributed by atoms with Gasteiger partial charge in [0.1, 0.15) is 0 Å². The molecule has 0 rings (SSSR count). The van der Waals surface area contributed by atoms with Crippen LogP contribution in [-0.4, -0.2) is 91.0 Å². The predicted molar refractivity (Wildman–Crippen MR) is 14.9 cm³/mol. The Kier molecular flexibility index (Phi) is 1540. The van der Waals surface area contributed by atoms with Crippen LogP contribution in [0, 0.1) is 0 Å². The monoisotopic (exact) mass is 396 g/mol. The molecule has 0 fully saturated rings. The maximum atomic E-state index is 0. The summed E-state index contributed by atoms with van der Waals surface area (Å²) in [6.45, 7) is 0. The molecule has 5 nitrogen and oxygen atoms in total. The molecule has 0 saturated carbocycles. The molecule has 0 atom stereocenters. The quantitative estimate of drug-likeness (QED) is 0.359. The molecule has 11 heteroatoms. The van der Waals surface area contributed by atoms with Crippen molar-refractivity contribution in [2.75, 3.05) is 0 Å². The summed E-state index contributed by atoms with van der Waals surface area (Å²) in [4.78, 5) is 0. The van der Waals surface area contributed by atoms with Crippen LogP contribution in [0.2, 0.25) is 0 Å². The van der Waals surface area contributed by atoms with Crippen molar-refractivity contribution < 1.29 is 99.2 Å². The van der Waals surface area contributed by atoms with Crippen LogP contribution in [0.5, 0.6) is 0 Å². The van der Waals surface area contributed by atoms with E-state index in [-0.39, 0.29) is 190 Å². The van der Waals surface area contributed by atoms with Crippen LogP contribution in [0.15, 0.2) is 0 Å². The van der Waals surface area contributed by atoms with Crippen LogP contribution in [0.1, 0.15) is 0 Å². The molecule has 0 heterocycles. The standard InChI is InChI=1S/2Cu.2Li.5O.2Sr/q2*+2;2*+1;5*-2;2*+2. The van der Waals surface area contributed by atoms with Crippen LogP contribution >= 0.6 is 0 Å². The fourth-order valence-electron chi connectivity index (χ4n) is 0. The molecule has 0 aliphatic carbocycles. The zero-order chi connectivity index (χ0) is 0. The predicted octanol–water partition coefficient (Wildman–Crippen LogP) is -7.35. The van der Waals surface area contributed by atoms with Crippen molar-refractivity contribution in [2.24, 2.45) is 0 Å². The second-order valence-electron chi connectivity index (χ2n) is 0. The van der Waals surface area contributed by atoms with Crippen molar-refractivity contribution in [3.63, 3.8) is 0 Å². The molecule has 2 radical (unpaired) electrons. The molecule has 0 unspecified atom stereocenters. The third kappa shape index (κ3) is 101. The molecule has 58 valence electrons. The molecule has 0 aliphatic heterocycles. The minimum absolute atomic E-state index is 0. The molecule has 0 bridgehead atoms. The van der Waals surface area contributed by atoms with Gasteiger partial charge in [0.2, 0.25) is 0 Å². The van der Waals surface area contributed by atoms with E-state index < -0.39 is 0 Å². The molecule has 0 amide bonds. The van der Waals surface area contributed by atoms with E-state index in [2.05, 4.69) is 0 Å². The Morgan fingerprint density at radius 2 is 0.364 bits per heavy atom. The van der Waals surface area contributed by atoms with Crippen molar-refractivity contribution in [1.82, 2.24) is 0 Å². The Bertz CT molecular complexity index is 20.4. The maximum Gasteiger partial charge on any atom is 2.00 e. The molecular formula is Cu2Li2O5Sr2. The van der Waals surface area contributed by atoms with Crippen molar-refractivity contribution in [1.29, 1.82) is 0 Å². The Morgan fingerprint density at radius 1 is 0.364 bits per heavy atom. The van der Waals surface area contributed by atoms with E-state index in [0.29, 0.717) is 0 Å². The van der Waals surface area contributed by atoms with Gasteiger partial charge in [0.05, 0.1) is 0 Å². The molecule has 0 aliphatic rings. The molecule has 0 N–H and O–H groups in total. The second-order valence-corrected chi connectivity index (χ2v) is 0. The van der Waals surface area contributed by atoms with Gasteiger partial charge in [-0.2, -0.15) is 0 Å². The van der Waals surface area contributed by atoms with Gasteiger partial charge in [0, 0.05) is 0 Å². The summed E-state index contributed by atoms with van der Waals surface area (Å²) in [5.74, 6) is 0. The third-order valence-electron chi connectivity index (χ3n) is 0. The smallest absolute Gasteiger partial charge is 2.00 e. The number of hydrogen-bond acceptors (Lipinski definition) is 0. The van der Waals surface area contributed by atoms with Gasteiger partial charge in [-0.1, -0.05) is 0 Å². The topological polar surface area (TPSA) is 142 Å². The van der Waals surface area contributed by atoms with Crippen molar-refractivity contribution in [3.05, 3.63) is 0 Å². The first-order chi connectivity index (χ1) is 0. The summed E-state index contributed by atoms with van der Waals surface area (Å²) in [6.07, 6.45) is 0. The molecule has 0 spiro atoms. The normalized spacial score (nSPS) is 0. The van der Waals surface area contributed by atoms with Gasteiger partial charge < -0.3 is 27.4 Å². The molecule has 0 aromatic carbocycles. The van der Waals surface area contributed by atoms with E-state index in [1.54, 1.807) is 0 Å². The summed E-state index contributed by atoms with van der Waals surface area (Å²) in [6, 6.07) is 0. The Labute approximate surface area is 185 Å². The first kappa shape index (κ1) is 144. The Balaban J connectivity index is 0. The fraction of sp³-hybridized carbons (Fsp3) is 0.